The van der Waals surface area contributed by atoms with Crippen molar-refractivity contribution in [3.8, 4) is 0 Å². The Kier molecular flexibility index (Phi) is 6.12. The number of rotatable bonds is 4. The minimum Gasteiger partial charge on any atom is -0.368 e. The predicted octanol–water partition coefficient (Wildman–Crippen LogP) is 2.36. The fourth-order valence-corrected chi connectivity index (χ4v) is 3.52. The molecule has 1 aromatic carbocycles. The van der Waals surface area contributed by atoms with Crippen LogP contribution in [0.5, 0.6) is 0 Å². The summed E-state index contributed by atoms with van der Waals surface area (Å²) >= 11 is 7.33. The largest absolute Gasteiger partial charge is 0.368 e. The van der Waals surface area contributed by atoms with Crippen molar-refractivity contribution in [3.05, 3.63) is 34.3 Å². The van der Waals surface area contributed by atoms with Crippen molar-refractivity contribution < 1.29 is 9.59 Å². The van der Waals surface area contributed by atoms with Gasteiger partial charge in [0.1, 0.15) is 11.0 Å². The van der Waals surface area contributed by atoms with Gasteiger partial charge in [-0.1, -0.05) is 29.0 Å². The van der Waals surface area contributed by atoms with Crippen LogP contribution in [0, 0.1) is 6.92 Å². The summed E-state index contributed by atoms with van der Waals surface area (Å²) in [6.45, 7) is 6.01. The predicted molar refractivity (Wildman–Crippen MR) is 107 cm³/mol. The molecule has 0 aliphatic carbocycles. The standard InChI is InChI=1S/C17H21ClN6O2S/c1-11(15(25)20-16-22-21-12(2)27-16)19-17(26)24-8-6-23(7-9-24)14-5-3-4-13(18)10-14/h3-5,10-11H,6-9H2,1-2H3,(H,19,26)(H,20,22,25). The van der Waals surface area contributed by atoms with Gasteiger partial charge in [-0.05, 0) is 32.0 Å². The number of halogens is 1. The van der Waals surface area contributed by atoms with E-state index in [4.69, 9.17) is 11.6 Å². The van der Waals surface area contributed by atoms with Gasteiger partial charge in [-0.15, -0.1) is 10.2 Å². The first-order chi connectivity index (χ1) is 12.9. The van der Waals surface area contributed by atoms with Crippen molar-refractivity contribution in [1.29, 1.82) is 0 Å². The molecule has 3 rings (SSSR count). The third-order valence-corrected chi connectivity index (χ3v) is 5.22. The second kappa shape index (κ2) is 8.53. The summed E-state index contributed by atoms with van der Waals surface area (Å²) in [5.74, 6) is -0.322. The van der Waals surface area contributed by atoms with Crippen molar-refractivity contribution in [2.24, 2.45) is 0 Å². The second-order valence-corrected chi connectivity index (χ2v) is 7.86. The molecule has 2 aromatic rings. The number of piperazine rings is 1. The summed E-state index contributed by atoms with van der Waals surface area (Å²) in [5.41, 5.74) is 1.04. The SMILES string of the molecule is Cc1nnc(NC(=O)C(C)NC(=O)N2CCN(c3cccc(Cl)c3)CC2)s1. The molecule has 27 heavy (non-hydrogen) atoms. The average Bonchev–Trinajstić information content (AvgIpc) is 3.06. The number of amides is 3. The minimum atomic E-state index is -0.673. The van der Waals surface area contributed by atoms with Crippen LogP contribution in [-0.2, 0) is 4.79 Å². The zero-order chi connectivity index (χ0) is 19.4. The topological polar surface area (TPSA) is 90.5 Å². The zero-order valence-corrected chi connectivity index (χ0v) is 16.7. The molecular formula is C17H21ClN6O2S. The lowest BCUT2D eigenvalue weighted by Crippen LogP contribution is -2.54. The molecule has 10 heteroatoms. The molecule has 1 unspecified atom stereocenters. The maximum Gasteiger partial charge on any atom is 0.318 e. The van der Waals surface area contributed by atoms with Gasteiger partial charge in [0.15, 0.2) is 0 Å². The van der Waals surface area contributed by atoms with Gasteiger partial charge in [0.25, 0.3) is 0 Å². The lowest BCUT2D eigenvalue weighted by atomic mass is 10.2. The number of anilines is 2. The van der Waals surface area contributed by atoms with E-state index in [1.807, 2.05) is 31.2 Å². The van der Waals surface area contributed by atoms with Gasteiger partial charge in [-0.2, -0.15) is 0 Å². The van der Waals surface area contributed by atoms with Crippen LogP contribution in [0.2, 0.25) is 5.02 Å². The highest BCUT2D eigenvalue weighted by Crippen LogP contribution is 2.20. The highest BCUT2D eigenvalue weighted by Gasteiger charge is 2.24. The molecule has 0 spiro atoms. The summed E-state index contributed by atoms with van der Waals surface area (Å²) in [5, 5.41) is 15.0. The average molecular weight is 409 g/mol. The van der Waals surface area contributed by atoms with E-state index in [0.29, 0.717) is 36.3 Å². The van der Waals surface area contributed by atoms with Crippen molar-refractivity contribution in [2.75, 3.05) is 36.4 Å². The monoisotopic (exact) mass is 408 g/mol. The molecule has 2 heterocycles. The Morgan fingerprint density at radius 2 is 1.96 bits per heavy atom. The molecule has 144 valence electrons. The van der Waals surface area contributed by atoms with Crippen molar-refractivity contribution >= 4 is 45.7 Å². The minimum absolute atomic E-state index is 0.253. The first-order valence-electron chi connectivity index (χ1n) is 8.59. The van der Waals surface area contributed by atoms with Gasteiger partial charge >= 0.3 is 6.03 Å². The molecule has 2 N–H and O–H groups in total. The Bertz CT molecular complexity index is 821. The van der Waals surface area contributed by atoms with Gasteiger partial charge in [0.05, 0.1) is 0 Å². The Morgan fingerprint density at radius 3 is 2.59 bits per heavy atom. The van der Waals surface area contributed by atoms with Gasteiger partial charge in [-0.25, -0.2) is 4.79 Å². The van der Waals surface area contributed by atoms with Crippen LogP contribution in [0.1, 0.15) is 11.9 Å². The van der Waals surface area contributed by atoms with Crippen molar-refractivity contribution in [2.45, 2.75) is 19.9 Å². The van der Waals surface area contributed by atoms with Crippen LogP contribution in [0.4, 0.5) is 15.6 Å². The van der Waals surface area contributed by atoms with Crippen LogP contribution in [0.15, 0.2) is 24.3 Å². The molecule has 3 amide bonds. The summed E-state index contributed by atoms with van der Waals surface area (Å²) in [4.78, 5) is 28.5. The molecule has 0 radical (unpaired) electrons. The smallest absolute Gasteiger partial charge is 0.318 e. The number of benzene rings is 1. The zero-order valence-electron chi connectivity index (χ0n) is 15.1. The van der Waals surface area contributed by atoms with Crippen LogP contribution >= 0.6 is 22.9 Å². The van der Waals surface area contributed by atoms with Crippen LogP contribution in [0.25, 0.3) is 0 Å². The van der Waals surface area contributed by atoms with Gasteiger partial charge in [0, 0.05) is 36.9 Å². The number of aryl methyl sites for hydroxylation is 1. The van der Waals surface area contributed by atoms with E-state index >= 15 is 0 Å². The molecule has 8 nitrogen and oxygen atoms in total. The number of hydrogen-bond donors (Lipinski definition) is 2. The number of nitrogens with one attached hydrogen (secondary N) is 2. The van der Waals surface area contributed by atoms with E-state index < -0.39 is 6.04 Å². The molecule has 1 saturated heterocycles. The normalized spacial score (nSPS) is 15.4. The van der Waals surface area contributed by atoms with Crippen LogP contribution in [0.3, 0.4) is 0 Å². The van der Waals surface area contributed by atoms with Gasteiger partial charge in [-0.3, -0.25) is 10.1 Å². The lowest BCUT2D eigenvalue weighted by molar-refractivity contribution is -0.117. The quantitative estimate of drug-likeness (QED) is 0.810. The third-order valence-electron chi connectivity index (χ3n) is 4.23. The number of urea groups is 1. The van der Waals surface area contributed by atoms with E-state index in [0.717, 1.165) is 10.7 Å². The number of carbonyl (C=O) groups excluding carboxylic acids is 2. The van der Waals surface area contributed by atoms with E-state index in [9.17, 15) is 9.59 Å². The van der Waals surface area contributed by atoms with Crippen molar-refractivity contribution in [3.63, 3.8) is 0 Å². The summed E-state index contributed by atoms with van der Waals surface area (Å²) in [6.07, 6.45) is 0. The number of carbonyl (C=O) groups is 2. The van der Waals surface area contributed by atoms with E-state index in [1.165, 1.54) is 11.3 Å². The fourth-order valence-electron chi connectivity index (χ4n) is 2.74. The summed E-state index contributed by atoms with van der Waals surface area (Å²) in [7, 11) is 0. The lowest BCUT2D eigenvalue weighted by Gasteiger charge is -2.36. The molecular weight excluding hydrogens is 388 g/mol. The van der Waals surface area contributed by atoms with Crippen LogP contribution in [-0.4, -0.2) is 59.3 Å². The maximum absolute atomic E-state index is 12.4. The number of aromatic nitrogens is 2. The number of hydrogen-bond acceptors (Lipinski definition) is 6. The van der Waals surface area contributed by atoms with E-state index in [-0.39, 0.29) is 11.9 Å². The third kappa shape index (κ3) is 5.08. The van der Waals surface area contributed by atoms with Crippen molar-refractivity contribution in [1.82, 2.24) is 20.4 Å². The van der Waals surface area contributed by atoms with E-state index in [1.54, 1.807) is 11.8 Å². The second-order valence-electron chi connectivity index (χ2n) is 6.24. The Balaban J connectivity index is 1.48. The molecule has 0 saturated carbocycles. The van der Waals surface area contributed by atoms with Crippen LogP contribution < -0.4 is 15.5 Å². The fraction of sp³-hybridized carbons (Fsp3) is 0.412. The summed E-state index contributed by atoms with van der Waals surface area (Å²) < 4.78 is 0. The first kappa shape index (κ1) is 19.4. The summed E-state index contributed by atoms with van der Waals surface area (Å²) in [6, 6.07) is 6.74. The highest BCUT2D eigenvalue weighted by atomic mass is 35.5. The first-order valence-corrected chi connectivity index (χ1v) is 9.79. The molecule has 1 fully saturated rings. The Hall–Kier alpha value is -2.39. The Morgan fingerprint density at radius 1 is 1.22 bits per heavy atom. The molecule has 0 bridgehead atoms. The molecule has 1 aliphatic heterocycles. The molecule has 1 atom stereocenters. The van der Waals surface area contributed by atoms with Gasteiger partial charge in [0.2, 0.25) is 11.0 Å². The Labute approximate surface area is 166 Å². The molecule has 1 aliphatic rings. The van der Waals surface area contributed by atoms with Gasteiger partial charge < -0.3 is 15.1 Å². The number of nitrogens with zero attached hydrogens (tertiary/aromatic N) is 4. The van der Waals surface area contributed by atoms with E-state index in [2.05, 4.69) is 25.7 Å². The maximum atomic E-state index is 12.4. The highest BCUT2D eigenvalue weighted by molar-refractivity contribution is 7.15. The molecule has 1 aromatic heterocycles.